The maximum atomic E-state index is 6.26. The fourth-order valence-corrected chi connectivity index (χ4v) is 3.16. The minimum Gasteiger partial charge on any atom is -0.490 e. The van der Waals surface area contributed by atoms with Crippen molar-refractivity contribution in [2.45, 2.75) is 32.8 Å². The normalized spacial score (nSPS) is 12.6. The van der Waals surface area contributed by atoms with Gasteiger partial charge in [0, 0.05) is 6.20 Å². The Balaban J connectivity index is 1.87. The van der Waals surface area contributed by atoms with E-state index in [0.29, 0.717) is 0 Å². The van der Waals surface area contributed by atoms with Crippen LogP contribution in [0, 0.1) is 0 Å². The average molecular weight is 331 g/mol. The van der Waals surface area contributed by atoms with Crippen LogP contribution in [0.15, 0.2) is 54.7 Å². The van der Waals surface area contributed by atoms with E-state index in [1.54, 1.807) is 6.20 Å². The van der Waals surface area contributed by atoms with E-state index >= 15 is 0 Å². The van der Waals surface area contributed by atoms with Gasteiger partial charge in [-0.15, -0.1) is 0 Å². The highest BCUT2D eigenvalue weighted by molar-refractivity contribution is 5.90. The van der Waals surface area contributed by atoms with Gasteiger partial charge in [0.25, 0.3) is 0 Å². The first-order chi connectivity index (χ1) is 12.2. The first-order valence-corrected chi connectivity index (χ1v) is 8.75. The number of hydrogen-bond acceptors (Lipinski definition) is 3. The van der Waals surface area contributed by atoms with Crippen LogP contribution in [-0.4, -0.2) is 21.1 Å². The Labute approximate surface area is 146 Å². The summed E-state index contributed by atoms with van der Waals surface area (Å²) in [5.41, 5.74) is 2.62. The van der Waals surface area contributed by atoms with E-state index in [1.165, 1.54) is 10.8 Å². The minimum atomic E-state index is 0.160. The molecule has 0 bridgehead atoms. The van der Waals surface area contributed by atoms with Gasteiger partial charge in [-0.1, -0.05) is 37.6 Å². The third-order valence-electron chi connectivity index (χ3n) is 4.38. The molecule has 4 nitrogen and oxygen atoms in total. The number of aromatic amines is 1. The summed E-state index contributed by atoms with van der Waals surface area (Å²) in [5.74, 6) is 1.65. The zero-order valence-electron chi connectivity index (χ0n) is 14.5. The van der Waals surface area contributed by atoms with Gasteiger partial charge in [0.15, 0.2) is 5.65 Å². The molecule has 0 amide bonds. The highest BCUT2D eigenvalue weighted by Gasteiger charge is 2.15. The number of aromatic nitrogens is 3. The number of hydrogen-bond donors (Lipinski definition) is 1. The number of fused-ring (bicyclic) bond motifs is 2. The molecule has 1 N–H and O–H groups in total. The van der Waals surface area contributed by atoms with Gasteiger partial charge in [0.05, 0.1) is 17.2 Å². The molecular weight excluding hydrogens is 310 g/mol. The third kappa shape index (κ3) is 3.07. The standard InChI is InChI=1S/C21H21N3O/c1-3-7-14(2)25-19-13-16-9-5-4-8-15(16)12-17(19)20-23-18-10-6-11-22-21(18)24-20/h4-6,8-14H,3,7H2,1-2H3,(H,22,23,24). The second-order valence-corrected chi connectivity index (χ2v) is 6.37. The zero-order chi connectivity index (χ0) is 17.2. The first kappa shape index (κ1) is 15.6. The predicted molar refractivity (Wildman–Crippen MR) is 102 cm³/mol. The van der Waals surface area contributed by atoms with E-state index in [4.69, 9.17) is 4.74 Å². The second kappa shape index (κ2) is 6.55. The molecule has 4 heteroatoms. The molecule has 0 spiro atoms. The third-order valence-corrected chi connectivity index (χ3v) is 4.38. The number of ether oxygens (including phenoxy) is 1. The fraction of sp³-hybridized carbons (Fsp3) is 0.238. The van der Waals surface area contributed by atoms with Crippen molar-refractivity contribution < 1.29 is 4.74 Å². The molecular formula is C21H21N3O. The van der Waals surface area contributed by atoms with Crippen molar-refractivity contribution in [1.82, 2.24) is 15.0 Å². The molecule has 2 aromatic carbocycles. The fourth-order valence-electron chi connectivity index (χ4n) is 3.16. The first-order valence-electron chi connectivity index (χ1n) is 8.75. The Bertz CT molecular complexity index is 989. The summed E-state index contributed by atoms with van der Waals surface area (Å²) < 4.78 is 6.26. The van der Waals surface area contributed by atoms with Crippen LogP contribution in [0.2, 0.25) is 0 Å². The minimum absolute atomic E-state index is 0.160. The second-order valence-electron chi connectivity index (χ2n) is 6.37. The Morgan fingerprint density at radius 3 is 2.64 bits per heavy atom. The lowest BCUT2D eigenvalue weighted by Gasteiger charge is -2.17. The van der Waals surface area contributed by atoms with Crippen molar-refractivity contribution in [1.29, 1.82) is 0 Å². The quantitative estimate of drug-likeness (QED) is 0.536. The Morgan fingerprint density at radius 2 is 1.88 bits per heavy atom. The number of H-pyrrole nitrogens is 1. The summed E-state index contributed by atoms with van der Waals surface area (Å²) in [6.45, 7) is 4.29. The lowest BCUT2D eigenvalue weighted by Crippen LogP contribution is -2.11. The Morgan fingerprint density at radius 1 is 1.08 bits per heavy atom. The summed E-state index contributed by atoms with van der Waals surface area (Å²) in [6, 6.07) is 16.5. The lowest BCUT2D eigenvalue weighted by atomic mass is 10.1. The Kier molecular flexibility index (Phi) is 4.10. The maximum absolute atomic E-state index is 6.26. The molecule has 4 rings (SSSR count). The molecule has 2 heterocycles. The van der Waals surface area contributed by atoms with Crippen LogP contribution < -0.4 is 4.74 Å². The van der Waals surface area contributed by atoms with E-state index in [2.05, 4.69) is 53.1 Å². The van der Waals surface area contributed by atoms with Crippen molar-refractivity contribution in [3.05, 3.63) is 54.7 Å². The van der Waals surface area contributed by atoms with E-state index in [1.807, 2.05) is 24.3 Å². The molecule has 126 valence electrons. The van der Waals surface area contributed by atoms with Crippen LogP contribution in [-0.2, 0) is 0 Å². The number of benzene rings is 2. The summed E-state index contributed by atoms with van der Waals surface area (Å²) in [6.07, 6.45) is 4.04. The molecule has 1 atom stereocenters. The molecule has 0 saturated heterocycles. The molecule has 0 fully saturated rings. The average Bonchev–Trinajstić information content (AvgIpc) is 3.05. The van der Waals surface area contributed by atoms with Crippen LogP contribution in [0.3, 0.4) is 0 Å². The predicted octanol–water partition coefficient (Wildman–Crippen LogP) is 5.35. The van der Waals surface area contributed by atoms with Gasteiger partial charge in [-0.3, -0.25) is 0 Å². The van der Waals surface area contributed by atoms with Crippen LogP contribution in [0.1, 0.15) is 26.7 Å². The number of nitrogens with one attached hydrogen (secondary N) is 1. The van der Waals surface area contributed by atoms with E-state index in [-0.39, 0.29) is 6.10 Å². The van der Waals surface area contributed by atoms with Gasteiger partial charge in [-0.2, -0.15) is 0 Å². The van der Waals surface area contributed by atoms with E-state index < -0.39 is 0 Å². The van der Waals surface area contributed by atoms with E-state index in [0.717, 1.165) is 41.1 Å². The topological polar surface area (TPSA) is 50.8 Å². The van der Waals surface area contributed by atoms with Crippen LogP contribution in [0.25, 0.3) is 33.3 Å². The molecule has 0 radical (unpaired) electrons. The number of imidazole rings is 1. The van der Waals surface area contributed by atoms with E-state index in [9.17, 15) is 0 Å². The van der Waals surface area contributed by atoms with Crippen molar-refractivity contribution in [3.63, 3.8) is 0 Å². The molecule has 0 aliphatic carbocycles. The van der Waals surface area contributed by atoms with Gasteiger partial charge in [-0.05, 0) is 48.4 Å². The molecule has 1 unspecified atom stereocenters. The van der Waals surface area contributed by atoms with Gasteiger partial charge in [-0.25, -0.2) is 9.97 Å². The summed E-state index contributed by atoms with van der Waals surface area (Å²) in [5, 5.41) is 2.33. The summed E-state index contributed by atoms with van der Waals surface area (Å²) in [4.78, 5) is 12.4. The van der Waals surface area contributed by atoms with Crippen molar-refractivity contribution in [3.8, 4) is 17.1 Å². The van der Waals surface area contributed by atoms with Crippen molar-refractivity contribution in [2.75, 3.05) is 0 Å². The van der Waals surface area contributed by atoms with Crippen LogP contribution in [0.4, 0.5) is 0 Å². The maximum Gasteiger partial charge on any atom is 0.178 e. The summed E-state index contributed by atoms with van der Waals surface area (Å²) >= 11 is 0. The number of pyridine rings is 1. The molecule has 4 aromatic rings. The monoisotopic (exact) mass is 331 g/mol. The highest BCUT2D eigenvalue weighted by Crippen LogP contribution is 2.34. The van der Waals surface area contributed by atoms with Gasteiger partial charge in [0.2, 0.25) is 0 Å². The van der Waals surface area contributed by atoms with Crippen LogP contribution in [0.5, 0.6) is 5.75 Å². The van der Waals surface area contributed by atoms with Gasteiger partial charge in [0.1, 0.15) is 11.6 Å². The number of nitrogens with zero attached hydrogens (tertiary/aromatic N) is 2. The van der Waals surface area contributed by atoms with Gasteiger partial charge >= 0.3 is 0 Å². The number of rotatable bonds is 5. The summed E-state index contributed by atoms with van der Waals surface area (Å²) in [7, 11) is 0. The molecule has 0 aliphatic rings. The Hall–Kier alpha value is -2.88. The van der Waals surface area contributed by atoms with Crippen LogP contribution >= 0.6 is 0 Å². The van der Waals surface area contributed by atoms with Crippen molar-refractivity contribution >= 4 is 21.9 Å². The molecule has 2 aromatic heterocycles. The smallest absolute Gasteiger partial charge is 0.178 e. The zero-order valence-corrected chi connectivity index (χ0v) is 14.5. The SMILES string of the molecule is CCCC(C)Oc1cc2ccccc2cc1-c1nc2ncccc2[nH]1. The molecule has 0 saturated carbocycles. The highest BCUT2D eigenvalue weighted by atomic mass is 16.5. The van der Waals surface area contributed by atoms with Crippen molar-refractivity contribution in [2.24, 2.45) is 0 Å². The molecule has 25 heavy (non-hydrogen) atoms. The van der Waals surface area contributed by atoms with Gasteiger partial charge < -0.3 is 9.72 Å². The largest absolute Gasteiger partial charge is 0.490 e. The molecule has 0 aliphatic heterocycles. The lowest BCUT2D eigenvalue weighted by molar-refractivity contribution is 0.211.